The van der Waals surface area contributed by atoms with Crippen LogP contribution in [-0.2, 0) is 11.3 Å². The van der Waals surface area contributed by atoms with E-state index in [-0.39, 0.29) is 0 Å². The first-order chi connectivity index (χ1) is 8.38. The van der Waals surface area contributed by atoms with E-state index in [0.29, 0.717) is 12.6 Å². The van der Waals surface area contributed by atoms with E-state index in [1.807, 2.05) is 4.57 Å². The van der Waals surface area contributed by atoms with Gasteiger partial charge >= 0.3 is 0 Å². The van der Waals surface area contributed by atoms with Gasteiger partial charge in [-0.2, -0.15) is 0 Å². The molecule has 1 aliphatic rings. The summed E-state index contributed by atoms with van der Waals surface area (Å²) in [6, 6.07) is 0.567. The van der Waals surface area contributed by atoms with Gasteiger partial charge in [-0.15, -0.1) is 0 Å². The molecule has 0 aromatic carbocycles. The van der Waals surface area contributed by atoms with Crippen molar-refractivity contribution in [2.24, 2.45) is 0 Å². The number of hydrogen-bond acceptors (Lipinski definition) is 5. The third kappa shape index (κ3) is 2.08. The molecule has 1 fully saturated rings. The number of hydrogen-bond donors (Lipinski definition) is 1. The van der Waals surface area contributed by atoms with E-state index in [0.717, 1.165) is 23.5 Å². The highest BCUT2D eigenvalue weighted by molar-refractivity contribution is 5.82. The first kappa shape index (κ1) is 10.5. The molecule has 0 saturated heterocycles. The van der Waals surface area contributed by atoms with Gasteiger partial charge in [-0.25, -0.2) is 15.0 Å². The summed E-state index contributed by atoms with van der Waals surface area (Å²) in [5.41, 5.74) is 1.70. The monoisotopic (exact) mass is 233 g/mol. The molecule has 0 aliphatic heterocycles. The van der Waals surface area contributed by atoms with Gasteiger partial charge in [0.2, 0.25) is 0 Å². The van der Waals surface area contributed by atoms with Crippen molar-refractivity contribution in [3.05, 3.63) is 12.7 Å². The van der Waals surface area contributed by atoms with Crippen LogP contribution in [0.25, 0.3) is 11.2 Å². The number of anilines is 1. The normalized spacial score (nSPS) is 15.4. The van der Waals surface area contributed by atoms with E-state index in [9.17, 15) is 0 Å². The van der Waals surface area contributed by atoms with Crippen LogP contribution < -0.4 is 5.32 Å². The van der Waals surface area contributed by atoms with Gasteiger partial charge in [0.1, 0.15) is 11.8 Å². The Hall–Kier alpha value is -1.69. The molecule has 6 heteroatoms. The lowest BCUT2D eigenvalue weighted by atomic mass is 10.4. The summed E-state index contributed by atoms with van der Waals surface area (Å²) in [7, 11) is 1.69. The van der Waals surface area contributed by atoms with E-state index in [1.165, 1.54) is 12.8 Å². The van der Waals surface area contributed by atoms with Gasteiger partial charge < -0.3 is 14.6 Å². The van der Waals surface area contributed by atoms with E-state index < -0.39 is 0 Å². The number of ether oxygens (including phenoxy) is 1. The Labute approximate surface area is 99.0 Å². The predicted octanol–water partition coefficient (Wildman–Crippen LogP) is 1.05. The molecule has 90 valence electrons. The number of nitrogens with zero attached hydrogens (tertiary/aromatic N) is 4. The SMILES string of the molecule is COCCn1cnc2c(NC3CC3)ncnc21. The average Bonchev–Trinajstić information content (AvgIpc) is 3.06. The highest BCUT2D eigenvalue weighted by atomic mass is 16.5. The van der Waals surface area contributed by atoms with Crippen LogP contribution in [0.3, 0.4) is 0 Å². The summed E-state index contributed by atoms with van der Waals surface area (Å²) in [4.78, 5) is 12.9. The second-order valence-electron chi connectivity index (χ2n) is 4.24. The van der Waals surface area contributed by atoms with Gasteiger partial charge in [0, 0.05) is 19.7 Å². The van der Waals surface area contributed by atoms with Crippen molar-refractivity contribution in [3.63, 3.8) is 0 Å². The van der Waals surface area contributed by atoms with E-state index in [1.54, 1.807) is 19.8 Å². The van der Waals surface area contributed by atoms with Crippen LogP contribution in [0.4, 0.5) is 5.82 Å². The zero-order chi connectivity index (χ0) is 11.7. The summed E-state index contributed by atoms with van der Waals surface area (Å²) in [6.07, 6.45) is 5.81. The van der Waals surface area contributed by atoms with Crippen LogP contribution >= 0.6 is 0 Å². The van der Waals surface area contributed by atoms with Gasteiger partial charge in [-0.3, -0.25) is 0 Å². The standard InChI is InChI=1S/C11H15N5O/c1-17-5-4-16-7-14-9-10(15-8-2-3-8)12-6-13-11(9)16/h6-8H,2-5H2,1H3,(H,12,13,15). The molecule has 1 saturated carbocycles. The highest BCUT2D eigenvalue weighted by Gasteiger charge is 2.23. The van der Waals surface area contributed by atoms with Gasteiger partial charge in [-0.1, -0.05) is 0 Å². The molecule has 17 heavy (non-hydrogen) atoms. The number of nitrogens with one attached hydrogen (secondary N) is 1. The predicted molar refractivity (Wildman–Crippen MR) is 63.8 cm³/mol. The minimum absolute atomic E-state index is 0.567. The molecule has 0 bridgehead atoms. The van der Waals surface area contributed by atoms with E-state index >= 15 is 0 Å². The van der Waals surface area contributed by atoms with Crippen molar-refractivity contribution in [1.82, 2.24) is 19.5 Å². The van der Waals surface area contributed by atoms with Gasteiger partial charge in [-0.05, 0) is 12.8 Å². The van der Waals surface area contributed by atoms with Crippen LogP contribution in [0.5, 0.6) is 0 Å². The van der Waals surface area contributed by atoms with Crippen molar-refractivity contribution >= 4 is 17.0 Å². The second kappa shape index (κ2) is 4.29. The van der Waals surface area contributed by atoms with Crippen LogP contribution in [0, 0.1) is 0 Å². The van der Waals surface area contributed by atoms with Crippen LogP contribution in [0.1, 0.15) is 12.8 Å². The number of methoxy groups -OCH3 is 1. The van der Waals surface area contributed by atoms with Gasteiger partial charge in [0.15, 0.2) is 11.5 Å². The number of imidazole rings is 1. The second-order valence-corrected chi connectivity index (χ2v) is 4.24. The van der Waals surface area contributed by atoms with Crippen LogP contribution in [0.15, 0.2) is 12.7 Å². The third-order valence-corrected chi connectivity index (χ3v) is 2.86. The first-order valence-corrected chi connectivity index (χ1v) is 5.80. The van der Waals surface area contributed by atoms with Crippen LogP contribution in [-0.4, -0.2) is 39.3 Å². The lowest BCUT2D eigenvalue weighted by Gasteiger charge is -2.04. The number of aromatic nitrogens is 4. The molecule has 0 amide bonds. The Balaban J connectivity index is 1.92. The highest BCUT2D eigenvalue weighted by Crippen LogP contribution is 2.26. The molecule has 0 atom stereocenters. The average molecular weight is 233 g/mol. The van der Waals surface area contributed by atoms with Crippen LogP contribution in [0.2, 0.25) is 0 Å². The molecular weight excluding hydrogens is 218 g/mol. The lowest BCUT2D eigenvalue weighted by molar-refractivity contribution is 0.188. The van der Waals surface area contributed by atoms with Gasteiger partial charge in [0.05, 0.1) is 12.9 Å². The Kier molecular flexibility index (Phi) is 2.64. The zero-order valence-corrected chi connectivity index (χ0v) is 9.76. The summed E-state index contributed by atoms with van der Waals surface area (Å²) >= 11 is 0. The molecule has 2 aromatic rings. The maximum Gasteiger partial charge on any atom is 0.165 e. The van der Waals surface area contributed by atoms with Crippen molar-refractivity contribution in [3.8, 4) is 0 Å². The smallest absolute Gasteiger partial charge is 0.165 e. The third-order valence-electron chi connectivity index (χ3n) is 2.86. The Morgan fingerprint density at radius 3 is 3.06 bits per heavy atom. The molecule has 6 nitrogen and oxygen atoms in total. The summed E-state index contributed by atoms with van der Waals surface area (Å²) in [6.45, 7) is 1.41. The Morgan fingerprint density at radius 2 is 2.29 bits per heavy atom. The fourth-order valence-electron chi connectivity index (χ4n) is 1.76. The van der Waals surface area contributed by atoms with Crippen molar-refractivity contribution in [2.75, 3.05) is 19.0 Å². The van der Waals surface area contributed by atoms with E-state index in [4.69, 9.17) is 4.74 Å². The summed E-state index contributed by atoms with van der Waals surface area (Å²) in [5, 5.41) is 3.37. The molecule has 0 spiro atoms. The molecule has 3 rings (SSSR count). The maximum atomic E-state index is 5.06. The van der Waals surface area contributed by atoms with Crippen molar-refractivity contribution in [1.29, 1.82) is 0 Å². The molecular formula is C11H15N5O. The van der Waals surface area contributed by atoms with Gasteiger partial charge in [0.25, 0.3) is 0 Å². The topological polar surface area (TPSA) is 64.9 Å². The zero-order valence-electron chi connectivity index (χ0n) is 9.76. The molecule has 1 N–H and O–H groups in total. The summed E-state index contributed by atoms with van der Waals surface area (Å²) < 4.78 is 7.05. The Bertz CT molecular complexity index is 520. The fourth-order valence-corrected chi connectivity index (χ4v) is 1.76. The summed E-state index contributed by atoms with van der Waals surface area (Å²) in [5.74, 6) is 0.841. The lowest BCUT2D eigenvalue weighted by Crippen LogP contribution is -2.06. The number of rotatable bonds is 5. The molecule has 1 aliphatic carbocycles. The van der Waals surface area contributed by atoms with E-state index in [2.05, 4.69) is 20.3 Å². The molecule has 2 aromatic heterocycles. The Morgan fingerprint density at radius 1 is 1.41 bits per heavy atom. The molecule has 0 unspecified atom stereocenters. The fraction of sp³-hybridized carbons (Fsp3) is 0.545. The van der Waals surface area contributed by atoms with Crippen molar-refractivity contribution in [2.45, 2.75) is 25.4 Å². The minimum atomic E-state index is 0.567. The van der Waals surface area contributed by atoms with Crippen molar-refractivity contribution < 1.29 is 4.74 Å². The molecule has 2 heterocycles. The minimum Gasteiger partial charge on any atom is -0.383 e. The quantitative estimate of drug-likeness (QED) is 0.836. The largest absolute Gasteiger partial charge is 0.383 e. The number of fused-ring (bicyclic) bond motifs is 1. The molecule has 0 radical (unpaired) electrons. The maximum absolute atomic E-state index is 5.06. The first-order valence-electron chi connectivity index (χ1n) is 5.80.